The van der Waals surface area contributed by atoms with Crippen LogP contribution in [0, 0.1) is 6.92 Å². The van der Waals surface area contributed by atoms with Crippen LogP contribution >= 0.6 is 0 Å². The molecular weight excluding hydrogens is 526 g/mol. The van der Waals surface area contributed by atoms with Gasteiger partial charge in [0.15, 0.2) is 0 Å². The zero-order valence-corrected chi connectivity index (χ0v) is 24.6. The largest absolute Gasteiger partial charge is 0.489 e. The van der Waals surface area contributed by atoms with E-state index in [0.717, 1.165) is 33.7 Å². The van der Waals surface area contributed by atoms with Gasteiger partial charge in [-0.25, -0.2) is 8.42 Å². The fourth-order valence-corrected chi connectivity index (χ4v) is 4.93. The minimum Gasteiger partial charge on any atom is -0.489 e. The Morgan fingerprint density at radius 1 is 0.925 bits per heavy atom. The molecule has 0 heterocycles. The van der Waals surface area contributed by atoms with Crippen LogP contribution in [0.1, 0.15) is 43.9 Å². The Balaban J connectivity index is 1.83. The first-order valence-electron chi connectivity index (χ1n) is 13.4. The third-order valence-electron chi connectivity index (χ3n) is 6.82. The number of sulfonamides is 1. The van der Waals surface area contributed by atoms with E-state index in [4.69, 9.17) is 4.74 Å². The molecule has 0 fully saturated rings. The van der Waals surface area contributed by atoms with Crippen molar-refractivity contribution >= 4 is 27.5 Å². The van der Waals surface area contributed by atoms with E-state index >= 15 is 0 Å². The molecule has 0 aliphatic rings. The summed E-state index contributed by atoms with van der Waals surface area (Å²) in [5, 5.41) is 2.93. The predicted octanol–water partition coefficient (Wildman–Crippen LogP) is 4.67. The summed E-state index contributed by atoms with van der Waals surface area (Å²) in [6, 6.07) is 23.0. The van der Waals surface area contributed by atoms with Crippen LogP contribution in [-0.4, -0.2) is 50.0 Å². The highest BCUT2D eigenvalue weighted by atomic mass is 32.2. The lowest BCUT2D eigenvalue weighted by Gasteiger charge is -2.32. The number of hydrogen-bond donors (Lipinski definition) is 1. The maximum absolute atomic E-state index is 13.7. The summed E-state index contributed by atoms with van der Waals surface area (Å²) in [5.74, 6) is -0.198. The van der Waals surface area contributed by atoms with Crippen molar-refractivity contribution in [2.45, 2.75) is 59.4 Å². The van der Waals surface area contributed by atoms with Crippen LogP contribution in [0.15, 0.2) is 78.9 Å². The Morgan fingerprint density at radius 3 is 2.15 bits per heavy atom. The van der Waals surface area contributed by atoms with Crippen molar-refractivity contribution in [3.05, 3.63) is 95.6 Å². The van der Waals surface area contributed by atoms with E-state index in [0.29, 0.717) is 18.0 Å². The van der Waals surface area contributed by atoms with E-state index in [1.54, 1.807) is 31.2 Å². The first kappa shape index (κ1) is 30.7. The van der Waals surface area contributed by atoms with Crippen LogP contribution in [0.5, 0.6) is 5.75 Å². The minimum atomic E-state index is -3.82. The number of amides is 2. The molecule has 0 saturated heterocycles. The van der Waals surface area contributed by atoms with Gasteiger partial charge in [-0.05, 0) is 68.1 Å². The average molecular weight is 566 g/mol. The molecular formula is C31H39N3O5S. The summed E-state index contributed by atoms with van der Waals surface area (Å²) in [6.07, 6.45) is 1.81. The number of nitrogens with one attached hydrogen (secondary N) is 1. The van der Waals surface area contributed by atoms with E-state index < -0.39 is 28.5 Å². The summed E-state index contributed by atoms with van der Waals surface area (Å²) >= 11 is 0. The highest BCUT2D eigenvalue weighted by Crippen LogP contribution is 2.23. The number of carbonyl (C=O) groups excluding carboxylic acids is 2. The number of ether oxygens (including phenoxy) is 1. The van der Waals surface area contributed by atoms with E-state index in [2.05, 4.69) is 5.32 Å². The Morgan fingerprint density at radius 2 is 1.55 bits per heavy atom. The first-order valence-corrected chi connectivity index (χ1v) is 15.2. The second kappa shape index (κ2) is 14.0. The lowest BCUT2D eigenvalue weighted by atomic mass is 10.1. The smallest absolute Gasteiger partial charge is 0.244 e. The third kappa shape index (κ3) is 8.58. The van der Waals surface area contributed by atoms with E-state index in [-0.39, 0.29) is 18.5 Å². The Kier molecular flexibility index (Phi) is 10.7. The molecule has 0 aliphatic carbocycles. The second-order valence-corrected chi connectivity index (χ2v) is 11.9. The molecule has 40 heavy (non-hydrogen) atoms. The highest BCUT2D eigenvalue weighted by molar-refractivity contribution is 7.92. The zero-order valence-electron chi connectivity index (χ0n) is 23.8. The molecule has 3 aromatic rings. The Bertz CT molecular complexity index is 1380. The molecule has 0 aromatic heterocycles. The molecule has 0 unspecified atom stereocenters. The van der Waals surface area contributed by atoms with Gasteiger partial charge in [-0.3, -0.25) is 13.9 Å². The third-order valence-corrected chi connectivity index (χ3v) is 7.96. The maximum atomic E-state index is 13.7. The monoisotopic (exact) mass is 565 g/mol. The normalized spacial score (nSPS) is 12.7. The molecule has 3 aromatic carbocycles. The summed E-state index contributed by atoms with van der Waals surface area (Å²) in [6.45, 7) is 7.56. The number of hydrogen-bond acceptors (Lipinski definition) is 5. The molecule has 0 radical (unpaired) electrons. The van der Waals surface area contributed by atoms with Gasteiger partial charge in [0.05, 0.1) is 11.9 Å². The van der Waals surface area contributed by atoms with Gasteiger partial charge in [-0.2, -0.15) is 0 Å². The van der Waals surface area contributed by atoms with E-state index in [9.17, 15) is 18.0 Å². The van der Waals surface area contributed by atoms with Gasteiger partial charge >= 0.3 is 0 Å². The maximum Gasteiger partial charge on any atom is 0.244 e. The second-order valence-electron chi connectivity index (χ2n) is 9.98. The SMILES string of the molecule is CC[C@@H](C)NC(=O)[C@H](C)N(Cc1ccccc1C)C(=O)CN(c1ccc(OCc2ccccc2)cc1)S(C)(=O)=O. The molecule has 2 atom stereocenters. The number of benzene rings is 3. The summed E-state index contributed by atoms with van der Waals surface area (Å²) in [4.78, 5) is 28.2. The zero-order chi connectivity index (χ0) is 29.3. The summed E-state index contributed by atoms with van der Waals surface area (Å²) in [5.41, 5.74) is 3.19. The molecule has 0 bridgehead atoms. The van der Waals surface area contributed by atoms with Gasteiger partial charge < -0.3 is 15.0 Å². The number of anilines is 1. The number of carbonyl (C=O) groups is 2. The van der Waals surface area contributed by atoms with Crippen molar-refractivity contribution in [2.75, 3.05) is 17.1 Å². The first-order chi connectivity index (χ1) is 19.0. The van der Waals surface area contributed by atoms with E-state index in [1.807, 2.05) is 75.4 Å². The van der Waals surface area contributed by atoms with Gasteiger partial charge in [0, 0.05) is 12.6 Å². The van der Waals surface area contributed by atoms with E-state index in [1.165, 1.54) is 4.90 Å². The van der Waals surface area contributed by atoms with Crippen molar-refractivity contribution in [1.82, 2.24) is 10.2 Å². The number of aryl methyl sites for hydroxylation is 1. The number of nitrogens with zero attached hydrogens (tertiary/aromatic N) is 2. The molecule has 0 aliphatic heterocycles. The van der Waals surface area contributed by atoms with Crippen LogP contribution in [0.4, 0.5) is 5.69 Å². The van der Waals surface area contributed by atoms with Crippen molar-refractivity contribution in [3.8, 4) is 5.75 Å². The summed E-state index contributed by atoms with van der Waals surface area (Å²) in [7, 11) is -3.82. The lowest BCUT2D eigenvalue weighted by Crippen LogP contribution is -2.52. The standard InChI is InChI=1S/C31H39N3O5S/c1-6-24(3)32-31(36)25(4)33(20-27-15-11-10-12-23(27)2)30(35)21-34(40(5,37)38)28-16-18-29(19-17-28)39-22-26-13-8-7-9-14-26/h7-19,24-25H,6,20-22H2,1-5H3,(H,32,36)/t24-,25+/m1/s1. The lowest BCUT2D eigenvalue weighted by molar-refractivity contribution is -0.139. The molecule has 8 nitrogen and oxygen atoms in total. The van der Waals surface area contributed by atoms with Crippen molar-refractivity contribution in [3.63, 3.8) is 0 Å². The van der Waals surface area contributed by atoms with Crippen LogP contribution in [0.2, 0.25) is 0 Å². The van der Waals surface area contributed by atoms with Crippen LogP contribution < -0.4 is 14.4 Å². The van der Waals surface area contributed by atoms with Gasteiger partial charge in [0.25, 0.3) is 0 Å². The van der Waals surface area contributed by atoms with Gasteiger partial charge in [0.1, 0.15) is 24.9 Å². The number of rotatable bonds is 13. The van der Waals surface area contributed by atoms with Crippen LogP contribution in [0.25, 0.3) is 0 Å². The molecule has 0 saturated carbocycles. The molecule has 3 rings (SSSR count). The molecule has 1 N–H and O–H groups in total. The van der Waals surface area contributed by atoms with Crippen LogP contribution in [0.3, 0.4) is 0 Å². The molecule has 0 spiro atoms. The highest BCUT2D eigenvalue weighted by Gasteiger charge is 2.30. The summed E-state index contributed by atoms with van der Waals surface area (Å²) < 4.78 is 32.5. The van der Waals surface area contributed by atoms with Crippen LogP contribution in [-0.2, 0) is 32.8 Å². The molecule has 2 amide bonds. The van der Waals surface area contributed by atoms with Gasteiger partial charge in [0.2, 0.25) is 21.8 Å². The van der Waals surface area contributed by atoms with Gasteiger partial charge in [-0.15, -0.1) is 0 Å². The minimum absolute atomic E-state index is 0.0551. The molecule has 214 valence electrons. The fraction of sp³-hybridized carbons (Fsp3) is 0.355. The van der Waals surface area contributed by atoms with Crippen molar-refractivity contribution in [1.29, 1.82) is 0 Å². The predicted molar refractivity (Wildman–Crippen MR) is 158 cm³/mol. The fourth-order valence-electron chi connectivity index (χ4n) is 4.08. The quantitative estimate of drug-likeness (QED) is 0.325. The topological polar surface area (TPSA) is 96.0 Å². The van der Waals surface area contributed by atoms with Crippen molar-refractivity contribution in [2.24, 2.45) is 0 Å². The Labute approximate surface area is 238 Å². The average Bonchev–Trinajstić information content (AvgIpc) is 2.94. The Hall–Kier alpha value is -3.85. The van der Waals surface area contributed by atoms with Gasteiger partial charge in [-0.1, -0.05) is 61.5 Å². The van der Waals surface area contributed by atoms with Crippen molar-refractivity contribution < 1.29 is 22.7 Å². The molecule has 9 heteroatoms.